The van der Waals surface area contributed by atoms with Crippen LogP contribution < -0.4 is 5.73 Å². The molecule has 1 amide bonds. The van der Waals surface area contributed by atoms with Crippen molar-refractivity contribution in [1.29, 1.82) is 0 Å². The lowest BCUT2D eigenvalue weighted by Gasteiger charge is -2.39. The van der Waals surface area contributed by atoms with Crippen molar-refractivity contribution in [1.82, 2.24) is 4.90 Å². The van der Waals surface area contributed by atoms with E-state index in [4.69, 9.17) is 5.73 Å². The molecule has 0 spiro atoms. The molecular weight excluding hydrogens is 212 g/mol. The lowest BCUT2D eigenvalue weighted by molar-refractivity contribution is -0.139. The lowest BCUT2D eigenvalue weighted by atomic mass is 9.83. The van der Waals surface area contributed by atoms with E-state index in [9.17, 15) is 4.79 Å². The van der Waals surface area contributed by atoms with E-state index in [2.05, 4.69) is 18.7 Å². The number of hydrogen-bond donors (Lipinski definition) is 1. The average molecular weight is 238 g/mol. The Balaban J connectivity index is 1.98. The number of carbonyl (C=O) groups excluding carboxylic acids is 1. The second-order valence-electron chi connectivity index (χ2n) is 6.24. The van der Waals surface area contributed by atoms with Crippen molar-refractivity contribution in [2.24, 2.45) is 23.5 Å². The molecule has 3 heteroatoms. The van der Waals surface area contributed by atoms with Gasteiger partial charge in [-0.3, -0.25) is 4.79 Å². The van der Waals surface area contributed by atoms with Crippen molar-refractivity contribution in [3.63, 3.8) is 0 Å². The largest absolute Gasteiger partial charge is 0.342 e. The van der Waals surface area contributed by atoms with Crippen LogP contribution in [0.3, 0.4) is 0 Å². The Bertz CT molecular complexity index is 269. The minimum absolute atomic E-state index is 0.0984. The summed E-state index contributed by atoms with van der Waals surface area (Å²) in [6.07, 6.45) is 5.63. The van der Waals surface area contributed by atoms with Crippen LogP contribution in [0.15, 0.2) is 0 Å². The molecule has 1 aliphatic heterocycles. The molecule has 2 N–H and O–H groups in total. The van der Waals surface area contributed by atoms with Gasteiger partial charge in [0.1, 0.15) is 0 Å². The van der Waals surface area contributed by atoms with E-state index >= 15 is 0 Å². The molecule has 4 atom stereocenters. The van der Waals surface area contributed by atoms with Gasteiger partial charge in [0, 0.05) is 19.1 Å². The first-order chi connectivity index (χ1) is 8.08. The maximum atomic E-state index is 12.5. The number of nitrogens with two attached hydrogens (primary N) is 1. The van der Waals surface area contributed by atoms with Crippen LogP contribution in [0.1, 0.15) is 46.0 Å². The average Bonchev–Trinajstić information content (AvgIpc) is 2.27. The maximum absolute atomic E-state index is 12.5. The fourth-order valence-electron chi connectivity index (χ4n) is 3.54. The summed E-state index contributed by atoms with van der Waals surface area (Å²) in [6, 6.07) is 0.101. The van der Waals surface area contributed by atoms with Gasteiger partial charge in [-0.2, -0.15) is 0 Å². The number of piperidine rings is 1. The highest BCUT2D eigenvalue weighted by molar-refractivity contribution is 5.79. The molecule has 2 fully saturated rings. The number of rotatable bonds is 1. The summed E-state index contributed by atoms with van der Waals surface area (Å²) in [6.45, 7) is 6.37. The Morgan fingerprint density at radius 2 is 1.71 bits per heavy atom. The van der Waals surface area contributed by atoms with Crippen LogP contribution >= 0.6 is 0 Å². The van der Waals surface area contributed by atoms with E-state index in [1.807, 2.05) is 0 Å². The fraction of sp³-hybridized carbons (Fsp3) is 0.929. The monoisotopic (exact) mass is 238 g/mol. The molecule has 1 saturated heterocycles. The Morgan fingerprint density at radius 1 is 1.12 bits per heavy atom. The van der Waals surface area contributed by atoms with Crippen LogP contribution in [-0.4, -0.2) is 29.9 Å². The molecule has 2 aliphatic rings. The number of carbonyl (C=O) groups is 1. The van der Waals surface area contributed by atoms with Gasteiger partial charge in [0.15, 0.2) is 0 Å². The van der Waals surface area contributed by atoms with E-state index in [1.54, 1.807) is 0 Å². The van der Waals surface area contributed by atoms with Crippen LogP contribution in [0.2, 0.25) is 0 Å². The van der Waals surface area contributed by atoms with Gasteiger partial charge in [0.25, 0.3) is 0 Å². The van der Waals surface area contributed by atoms with Crippen LogP contribution in [0.25, 0.3) is 0 Å². The SMILES string of the molecule is CC1CC(C)CN(C(=O)C2CCCCC2N)C1. The number of likely N-dealkylation sites (tertiary alicyclic amines) is 1. The highest BCUT2D eigenvalue weighted by atomic mass is 16.2. The third-order valence-corrected chi connectivity index (χ3v) is 4.32. The van der Waals surface area contributed by atoms with Gasteiger partial charge in [-0.05, 0) is 31.1 Å². The summed E-state index contributed by atoms with van der Waals surface area (Å²) >= 11 is 0. The van der Waals surface area contributed by atoms with E-state index < -0.39 is 0 Å². The molecule has 0 aromatic rings. The van der Waals surface area contributed by atoms with Gasteiger partial charge < -0.3 is 10.6 Å². The maximum Gasteiger partial charge on any atom is 0.227 e. The van der Waals surface area contributed by atoms with Crippen LogP contribution in [0.5, 0.6) is 0 Å². The molecule has 2 rings (SSSR count). The summed E-state index contributed by atoms with van der Waals surface area (Å²) < 4.78 is 0. The highest BCUT2D eigenvalue weighted by Gasteiger charge is 2.34. The second kappa shape index (κ2) is 5.38. The number of hydrogen-bond acceptors (Lipinski definition) is 2. The molecule has 0 aromatic carbocycles. The van der Waals surface area contributed by atoms with E-state index in [1.165, 1.54) is 19.3 Å². The molecule has 1 saturated carbocycles. The first kappa shape index (κ1) is 12.9. The standard InChI is InChI=1S/C14H26N2O/c1-10-7-11(2)9-16(8-10)14(17)12-5-3-4-6-13(12)15/h10-13H,3-9,15H2,1-2H3. The number of nitrogens with zero attached hydrogens (tertiary/aromatic N) is 1. The van der Waals surface area contributed by atoms with Crippen molar-refractivity contribution in [2.45, 2.75) is 52.0 Å². The zero-order chi connectivity index (χ0) is 12.4. The quantitative estimate of drug-likeness (QED) is 0.759. The predicted molar refractivity (Wildman–Crippen MR) is 69.5 cm³/mol. The molecule has 1 aliphatic carbocycles. The molecule has 0 aromatic heterocycles. The Kier molecular flexibility index (Phi) is 4.08. The first-order valence-electron chi connectivity index (χ1n) is 7.12. The summed E-state index contributed by atoms with van der Waals surface area (Å²) in [5, 5.41) is 0. The van der Waals surface area contributed by atoms with E-state index in [0.717, 1.165) is 25.9 Å². The topological polar surface area (TPSA) is 46.3 Å². The van der Waals surface area contributed by atoms with E-state index in [-0.39, 0.29) is 12.0 Å². The molecule has 0 radical (unpaired) electrons. The minimum atomic E-state index is 0.0984. The molecule has 1 heterocycles. The normalized spacial score (nSPS) is 39.1. The third kappa shape index (κ3) is 3.01. The van der Waals surface area contributed by atoms with Gasteiger partial charge in [0.2, 0.25) is 5.91 Å². The van der Waals surface area contributed by atoms with Crippen LogP contribution in [-0.2, 0) is 4.79 Å². The summed E-state index contributed by atoms with van der Waals surface area (Å²) in [5.41, 5.74) is 6.11. The van der Waals surface area contributed by atoms with Crippen LogP contribution in [0.4, 0.5) is 0 Å². The zero-order valence-electron chi connectivity index (χ0n) is 11.2. The van der Waals surface area contributed by atoms with Crippen molar-refractivity contribution in [2.75, 3.05) is 13.1 Å². The predicted octanol–water partition coefficient (Wildman–Crippen LogP) is 2.01. The summed E-state index contributed by atoms with van der Waals surface area (Å²) in [4.78, 5) is 14.6. The molecular formula is C14H26N2O. The molecule has 0 bridgehead atoms. The molecule has 17 heavy (non-hydrogen) atoms. The Morgan fingerprint density at radius 3 is 2.29 bits per heavy atom. The minimum Gasteiger partial charge on any atom is -0.342 e. The Hall–Kier alpha value is -0.570. The molecule has 98 valence electrons. The Labute approximate surface area is 105 Å². The second-order valence-corrected chi connectivity index (χ2v) is 6.24. The summed E-state index contributed by atoms with van der Waals surface area (Å²) in [5.74, 6) is 1.71. The third-order valence-electron chi connectivity index (χ3n) is 4.32. The van der Waals surface area contributed by atoms with Crippen molar-refractivity contribution < 1.29 is 4.79 Å². The highest BCUT2D eigenvalue weighted by Crippen LogP contribution is 2.28. The summed E-state index contributed by atoms with van der Waals surface area (Å²) in [7, 11) is 0. The van der Waals surface area contributed by atoms with Gasteiger partial charge >= 0.3 is 0 Å². The van der Waals surface area contributed by atoms with Crippen LogP contribution in [0, 0.1) is 17.8 Å². The van der Waals surface area contributed by atoms with Gasteiger partial charge in [-0.25, -0.2) is 0 Å². The first-order valence-corrected chi connectivity index (χ1v) is 7.12. The van der Waals surface area contributed by atoms with E-state index in [0.29, 0.717) is 17.7 Å². The smallest absolute Gasteiger partial charge is 0.227 e. The van der Waals surface area contributed by atoms with Gasteiger partial charge in [-0.1, -0.05) is 26.7 Å². The lowest BCUT2D eigenvalue weighted by Crippen LogP contribution is -2.50. The molecule has 3 nitrogen and oxygen atoms in total. The van der Waals surface area contributed by atoms with Crippen molar-refractivity contribution in [3.05, 3.63) is 0 Å². The van der Waals surface area contributed by atoms with Gasteiger partial charge in [-0.15, -0.1) is 0 Å². The fourth-order valence-corrected chi connectivity index (χ4v) is 3.54. The van der Waals surface area contributed by atoms with Crippen molar-refractivity contribution >= 4 is 5.91 Å². The number of amides is 1. The van der Waals surface area contributed by atoms with Gasteiger partial charge in [0.05, 0.1) is 5.92 Å². The zero-order valence-corrected chi connectivity index (χ0v) is 11.2. The van der Waals surface area contributed by atoms with Crippen molar-refractivity contribution in [3.8, 4) is 0 Å². The molecule has 4 unspecified atom stereocenters.